The number of carbonyl (C=O) groups excluding carboxylic acids is 1. The van der Waals surface area contributed by atoms with Crippen LogP contribution in [0.5, 0.6) is 0 Å². The highest BCUT2D eigenvalue weighted by molar-refractivity contribution is 5.76. The van der Waals surface area contributed by atoms with Crippen LogP contribution >= 0.6 is 0 Å². The lowest BCUT2D eigenvalue weighted by Gasteiger charge is -2.22. The van der Waals surface area contributed by atoms with Gasteiger partial charge in [-0.25, -0.2) is 0 Å². The van der Waals surface area contributed by atoms with Gasteiger partial charge < -0.3 is 15.5 Å². The highest BCUT2D eigenvalue weighted by Gasteiger charge is 2.20. The molecule has 0 radical (unpaired) electrons. The lowest BCUT2D eigenvalue weighted by atomic mass is 10.0. The van der Waals surface area contributed by atoms with Gasteiger partial charge in [0.25, 0.3) is 0 Å². The molecule has 314 valence electrons. The minimum Gasteiger partial charge on any atom is -0.394 e. The van der Waals surface area contributed by atoms with E-state index in [-0.39, 0.29) is 12.5 Å². The smallest absolute Gasteiger partial charge is 0.220 e. The van der Waals surface area contributed by atoms with E-state index >= 15 is 0 Å². The van der Waals surface area contributed by atoms with E-state index in [0.29, 0.717) is 12.8 Å². The average molecular weight is 754 g/mol. The third kappa shape index (κ3) is 41.3. The number of unbranched alkanes of at least 4 members (excludes halogenated alkanes) is 25. The van der Waals surface area contributed by atoms with E-state index in [9.17, 15) is 15.0 Å². The van der Waals surface area contributed by atoms with Crippen molar-refractivity contribution in [3.63, 3.8) is 0 Å². The third-order valence-corrected chi connectivity index (χ3v) is 10.5. The molecule has 0 heterocycles. The quantitative estimate of drug-likeness (QED) is 0.0429. The molecule has 0 fully saturated rings. The molecule has 0 saturated carbocycles. The molecule has 0 aliphatic heterocycles. The largest absolute Gasteiger partial charge is 0.394 e. The van der Waals surface area contributed by atoms with Crippen LogP contribution in [0.25, 0.3) is 0 Å². The molecule has 54 heavy (non-hydrogen) atoms. The molecule has 0 aromatic carbocycles. The summed E-state index contributed by atoms with van der Waals surface area (Å²) in [6.45, 7) is 4.24. The third-order valence-electron chi connectivity index (χ3n) is 10.5. The van der Waals surface area contributed by atoms with E-state index in [1.807, 2.05) is 0 Å². The molecular weight excluding hydrogens is 663 g/mol. The van der Waals surface area contributed by atoms with Crippen molar-refractivity contribution < 1.29 is 15.0 Å². The fourth-order valence-corrected chi connectivity index (χ4v) is 6.98. The number of aliphatic hydroxyl groups excluding tert-OH is 2. The Kier molecular flexibility index (Phi) is 43.9. The van der Waals surface area contributed by atoms with Crippen molar-refractivity contribution in [1.82, 2.24) is 5.32 Å². The minimum absolute atomic E-state index is 0.0346. The van der Waals surface area contributed by atoms with Gasteiger partial charge in [-0.2, -0.15) is 0 Å². The van der Waals surface area contributed by atoms with E-state index in [1.165, 1.54) is 148 Å². The minimum atomic E-state index is -0.660. The van der Waals surface area contributed by atoms with Crippen LogP contribution in [0.2, 0.25) is 0 Å². The van der Waals surface area contributed by atoms with Crippen LogP contribution in [0.3, 0.4) is 0 Å². The van der Waals surface area contributed by atoms with Gasteiger partial charge in [-0.15, -0.1) is 0 Å². The first-order valence-corrected chi connectivity index (χ1v) is 23.5. The number of rotatable bonds is 42. The van der Waals surface area contributed by atoms with Crippen molar-refractivity contribution in [2.75, 3.05) is 6.61 Å². The zero-order valence-electron chi connectivity index (χ0n) is 36.0. The van der Waals surface area contributed by atoms with Crippen LogP contribution in [-0.4, -0.2) is 34.9 Å². The first-order valence-electron chi connectivity index (χ1n) is 23.5. The molecule has 0 aromatic heterocycles. The van der Waals surface area contributed by atoms with Gasteiger partial charge in [0.2, 0.25) is 5.91 Å². The van der Waals surface area contributed by atoms with Crippen LogP contribution < -0.4 is 5.32 Å². The van der Waals surface area contributed by atoms with Crippen molar-refractivity contribution in [2.24, 2.45) is 0 Å². The molecule has 4 heteroatoms. The first-order chi connectivity index (χ1) is 26.7. The summed E-state index contributed by atoms with van der Waals surface area (Å²) in [7, 11) is 0. The van der Waals surface area contributed by atoms with Crippen LogP contribution in [0.15, 0.2) is 60.8 Å². The fraction of sp³-hybridized carbons (Fsp3) is 0.780. The summed E-state index contributed by atoms with van der Waals surface area (Å²) in [4.78, 5) is 12.4. The maximum atomic E-state index is 12.4. The zero-order chi connectivity index (χ0) is 39.3. The van der Waals surface area contributed by atoms with Gasteiger partial charge in [0.05, 0.1) is 18.8 Å². The molecule has 4 nitrogen and oxygen atoms in total. The molecule has 0 aliphatic carbocycles. The van der Waals surface area contributed by atoms with E-state index < -0.39 is 12.1 Å². The predicted molar refractivity (Wildman–Crippen MR) is 239 cm³/mol. The lowest BCUT2D eigenvalue weighted by molar-refractivity contribution is -0.123. The van der Waals surface area contributed by atoms with Crippen LogP contribution in [0.1, 0.15) is 232 Å². The monoisotopic (exact) mass is 754 g/mol. The Labute approximate surface area is 336 Å². The van der Waals surface area contributed by atoms with Gasteiger partial charge in [-0.1, -0.05) is 229 Å². The summed E-state index contributed by atoms with van der Waals surface area (Å²) in [5.41, 5.74) is 0. The van der Waals surface area contributed by atoms with E-state index in [4.69, 9.17) is 0 Å². The Morgan fingerprint density at radius 1 is 0.463 bits per heavy atom. The van der Waals surface area contributed by atoms with E-state index in [0.717, 1.165) is 57.8 Å². The second-order valence-electron chi connectivity index (χ2n) is 15.8. The summed E-state index contributed by atoms with van der Waals surface area (Å²) in [5, 5.41) is 23.2. The van der Waals surface area contributed by atoms with Crippen LogP contribution in [-0.2, 0) is 4.79 Å². The Balaban J connectivity index is 3.50. The number of nitrogens with one attached hydrogen (secondary N) is 1. The number of allylic oxidation sites excluding steroid dienone is 10. The lowest BCUT2D eigenvalue weighted by Crippen LogP contribution is -2.45. The topological polar surface area (TPSA) is 69.6 Å². The molecule has 0 spiro atoms. The number of aliphatic hydroxyl groups is 2. The molecule has 0 saturated heterocycles. The van der Waals surface area contributed by atoms with Gasteiger partial charge in [0.15, 0.2) is 0 Å². The SMILES string of the molecule is CC/C=C\C/C=C\C/C=C\C/C=C\C/C=C\CCCCCCCCCCCCCCCC(=O)NC(CO)C(O)CCCCCCCCCCCCCCC. The Bertz CT molecular complexity index is 904. The second kappa shape index (κ2) is 45.5. The molecule has 2 atom stereocenters. The van der Waals surface area contributed by atoms with Gasteiger partial charge >= 0.3 is 0 Å². The Morgan fingerprint density at radius 2 is 0.815 bits per heavy atom. The van der Waals surface area contributed by atoms with Crippen molar-refractivity contribution >= 4 is 5.91 Å². The summed E-state index contributed by atoms with van der Waals surface area (Å²) in [5.74, 6) is -0.0346. The highest BCUT2D eigenvalue weighted by Crippen LogP contribution is 2.16. The molecule has 0 aliphatic rings. The molecule has 1 amide bonds. The number of carbonyl (C=O) groups is 1. The standard InChI is InChI=1S/C50H91NO3/c1-3-5-7-9-11-13-15-17-18-19-20-21-22-23-24-25-26-27-28-29-30-31-32-34-36-38-40-42-44-46-50(54)51-48(47-52)49(53)45-43-41-39-37-35-33-16-14-12-10-8-6-4-2/h5,7,11,13,17-18,20-21,23-24,48-49,52-53H,3-4,6,8-10,12,14-16,19,22,25-47H2,1-2H3,(H,51,54)/b7-5-,13-11-,18-17-,21-20-,24-23-. The van der Waals surface area contributed by atoms with Crippen LogP contribution in [0.4, 0.5) is 0 Å². The average Bonchev–Trinajstić information content (AvgIpc) is 3.18. The summed E-state index contributed by atoms with van der Waals surface area (Å²) in [6.07, 6.45) is 63.1. The molecule has 0 aromatic rings. The molecule has 2 unspecified atom stereocenters. The van der Waals surface area contributed by atoms with Crippen molar-refractivity contribution in [3.8, 4) is 0 Å². The molecule has 3 N–H and O–H groups in total. The second-order valence-corrected chi connectivity index (χ2v) is 15.8. The zero-order valence-corrected chi connectivity index (χ0v) is 36.0. The van der Waals surface area contributed by atoms with Gasteiger partial charge in [-0.05, 0) is 57.8 Å². The summed E-state index contributed by atoms with van der Waals surface area (Å²) in [6, 6.07) is -0.538. The maximum Gasteiger partial charge on any atom is 0.220 e. The van der Waals surface area contributed by atoms with E-state index in [2.05, 4.69) is 79.9 Å². The van der Waals surface area contributed by atoms with Gasteiger partial charge in [0.1, 0.15) is 0 Å². The highest BCUT2D eigenvalue weighted by atomic mass is 16.3. The van der Waals surface area contributed by atoms with Gasteiger partial charge in [0, 0.05) is 6.42 Å². The van der Waals surface area contributed by atoms with Crippen molar-refractivity contribution in [2.45, 2.75) is 244 Å². The number of hydrogen-bond donors (Lipinski definition) is 3. The molecule has 0 bridgehead atoms. The number of amides is 1. The van der Waals surface area contributed by atoms with Crippen LogP contribution in [0, 0.1) is 0 Å². The fourth-order valence-electron chi connectivity index (χ4n) is 6.98. The summed E-state index contributed by atoms with van der Waals surface area (Å²) < 4.78 is 0. The summed E-state index contributed by atoms with van der Waals surface area (Å²) >= 11 is 0. The Morgan fingerprint density at radius 3 is 1.22 bits per heavy atom. The molecule has 0 rings (SSSR count). The predicted octanol–water partition coefficient (Wildman–Crippen LogP) is 14.9. The maximum absolute atomic E-state index is 12.4. The van der Waals surface area contributed by atoms with Gasteiger partial charge in [-0.3, -0.25) is 4.79 Å². The first kappa shape index (κ1) is 52.1. The van der Waals surface area contributed by atoms with Crippen molar-refractivity contribution in [3.05, 3.63) is 60.8 Å². The Hall–Kier alpha value is -1.91. The van der Waals surface area contributed by atoms with Crippen molar-refractivity contribution in [1.29, 1.82) is 0 Å². The number of hydrogen-bond acceptors (Lipinski definition) is 3. The normalized spacial score (nSPS) is 13.5. The van der Waals surface area contributed by atoms with E-state index in [1.54, 1.807) is 0 Å². The molecular formula is C50H91NO3.